The highest BCUT2D eigenvalue weighted by atomic mass is 19.1. The van der Waals surface area contributed by atoms with E-state index in [-0.39, 0.29) is 23.5 Å². The Hall–Kier alpha value is -3.06. The topological polar surface area (TPSA) is 60.9 Å². The monoisotopic (exact) mass is 405 g/mol. The molecule has 3 fully saturated rings. The third kappa shape index (κ3) is 1.85. The lowest BCUT2D eigenvalue weighted by Crippen LogP contribution is -2.55. The van der Waals surface area contributed by atoms with Crippen LogP contribution in [-0.2, 0) is 19.9 Å². The maximum atomic E-state index is 13.9. The molecule has 4 aliphatic heterocycles. The van der Waals surface area contributed by atoms with Gasteiger partial charge in [-0.05, 0) is 43.7 Å². The molecule has 3 amide bonds. The Kier molecular flexibility index (Phi) is 3.41. The number of carbonyl (C=O) groups excluding carboxylic acids is 3. The van der Waals surface area contributed by atoms with E-state index in [2.05, 4.69) is 4.90 Å². The second-order valence-electron chi connectivity index (χ2n) is 8.55. The molecule has 4 atom stereocenters. The highest BCUT2D eigenvalue weighted by Gasteiger charge is 2.75. The van der Waals surface area contributed by atoms with Gasteiger partial charge in [-0.3, -0.25) is 19.3 Å². The van der Waals surface area contributed by atoms with E-state index >= 15 is 0 Å². The van der Waals surface area contributed by atoms with Crippen molar-refractivity contribution in [2.24, 2.45) is 11.8 Å². The van der Waals surface area contributed by atoms with E-state index in [0.717, 1.165) is 29.0 Å². The molecule has 0 N–H and O–H groups in total. The summed E-state index contributed by atoms with van der Waals surface area (Å²) in [6.07, 6.45) is 1.63. The molecule has 6 nitrogen and oxygen atoms in total. The molecule has 4 heterocycles. The maximum absolute atomic E-state index is 13.9. The van der Waals surface area contributed by atoms with E-state index in [1.807, 2.05) is 24.3 Å². The molecule has 4 unspecified atom stereocenters. The van der Waals surface area contributed by atoms with Crippen LogP contribution in [0.4, 0.5) is 15.8 Å². The summed E-state index contributed by atoms with van der Waals surface area (Å²) in [5.74, 6) is -2.83. The van der Waals surface area contributed by atoms with Crippen LogP contribution >= 0.6 is 0 Å². The van der Waals surface area contributed by atoms with Gasteiger partial charge >= 0.3 is 0 Å². The first-order valence-corrected chi connectivity index (χ1v) is 10.3. The fourth-order valence-corrected chi connectivity index (χ4v) is 6.32. The lowest BCUT2D eigenvalue weighted by atomic mass is 9.75. The summed E-state index contributed by atoms with van der Waals surface area (Å²) in [5, 5.41) is 0. The first-order valence-electron chi connectivity index (χ1n) is 10.3. The van der Waals surface area contributed by atoms with Gasteiger partial charge in [-0.1, -0.05) is 24.3 Å². The minimum Gasteiger partial charge on any atom is -0.313 e. The molecule has 152 valence electrons. The van der Waals surface area contributed by atoms with E-state index in [1.165, 1.54) is 18.2 Å². The number of hydrogen-bond donors (Lipinski definition) is 0. The largest absolute Gasteiger partial charge is 0.313 e. The molecule has 1 spiro atoms. The smallest absolute Gasteiger partial charge is 0.252 e. The van der Waals surface area contributed by atoms with Gasteiger partial charge in [0.1, 0.15) is 11.4 Å². The van der Waals surface area contributed by atoms with Crippen molar-refractivity contribution < 1.29 is 18.8 Å². The molecule has 0 aliphatic carbocycles. The molecule has 0 bridgehead atoms. The number of hydrogen-bond acceptors (Lipinski definition) is 4. The van der Waals surface area contributed by atoms with Crippen molar-refractivity contribution in [3.63, 3.8) is 0 Å². The van der Waals surface area contributed by atoms with Crippen LogP contribution in [0, 0.1) is 17.7 Å². The normalized spacial score (nSPS) is 32.3. The third-order valence-corrected chi connectivity index (χ3v) is 7.34. The number of amides is 3. The molecular formula is C23H20FN3O3. The number of imide groups is 1. The van der Waals surface area contributed by atoms with Crippen LogP contribution in [0.2, 0.25) is 0 Å². The van der Waals surface area contributed by atoms with Crippen molar-refractivity contribution in [1.29, 1.82) is 0 Å². The average molecular weight is 405 g/mol. The predicted octanol–water partition coefficient (Wildman–Crippen LogP) is 2.28. The summed E-state index contributed by atoms with van der Waals surface area (Å²) in [7, 11) is 1.72. The van der Waals surface area contributed by atoms with Gasteiger partial charge in [0, 0.05) is 24.3 Å². The zero-order valence-corrected chi connectivity index (χ0v) is 16.4. The van der Waals surface area contributed by atoms with Gasteiger partial charge in [0.2, 0.25) is 11.8 Å². The number of halogens is 1. The van der Waals surface area contributed by atoms with Crippen molar-refractivity contribution in [2.75, 3.05) is 23.4 Å². The molecule has 3 saturated heterocycles. The molecule has 7 heteroatoms. The first kappa shape index (κ1) is 17.8. The number of benzene rings is 2. The summed E-state index contributed by atoms with van der Waals surface area (Å²) < 4.78 is 13.9. The van der Waals surface area contributed by atoms with Crippen molar-refractivity contribution in [1.82, 2.24) is 4.90 Å². The fraction of sp³-hybridized carbons (Fsp3) is 0.348. The summed E-state index contributed by atoms with van der Waals surface area (Å²) in [6, 6.07) is 12.9. The standard InChI is InChI=1S/C23H20FN3O3/c1-25-16-9-3-2-8-15(16)23(22(25)30)19-18(17-10-5-11-26(17)23)20(28)27(21(19)29)14-7-4-6-13(24)12-14/h2-4,6-9,12,17-19H,5,10-11H2,1H3. The van der Waals surface area contributed by atoms with Gasteiger partial charge in [-0.2, -0.15) is 0 Å². The number of nitrogens with zero attached hydrogens (tertiary/aromatic N) is 3. The molecular weight excluding hydrogens is 385 g/mol. The Labute approximate surface area is 172 Å². The van der Waals surface area contributed by atoms with E-state index in [9.17, 15) is 18.8 Å². The molecule has 0 saturated carbocycles. The van der Waals surface area contributed by atoms with Gasteiger partial charge in [0.15, 0.2) is 0 Å². The van der Waals surface area contributed by atoms with Crippen LogP contribution in [0.25, 0.3) is 0 Å². The Morgan fingerprint density at radius 1 is 1.03 bits per heavy atom. The van der Waals surface area contributed by atoms with Crippen LogP contribution in [-0.4, -0.2) is 42.3 Å². The number of anilines is 2. The van der Waals surface area contributed by atoms with E-state index in [0.29, 0.717) is 6.54 Å². The predicted molar refractivity (Wildman–Crippen MR) is 107 cm³/mol. The molecule has 4 aliphatic rings. The van der Waals surface area contributed by atoms with Gasteiger partial charge in [0.05, 0.1) is 17.5 Å². The second kappa shape index (κ2) is 5.76. The van der Waals surface area contributed by atoms with Crippen molar-refractivity contribution in [3.8, 4) is 0 Å². The maximum Gasteiger partial charge on any atom is 0.252 e. The molecule has 2 aromatic carbocycles. The zero-order valence-electron chi connectivity index (χ0n) is 16.4. The molecule has 6 rings (SSSR count). The fourth-order valence-electron chi connectivity index (χ4n) is 6.32. The van der Waals surface area contributed by atoms with Crippen molar-refractivity contribution in [2.45, 2.75) is 24.4 Å². The van der Waals surface area contributed by atoms with Crippen LogP contribution in [0.15, 0.2) is 48.5 Å². The lowest BCUT2D eigenvalue weighted by molar-refractivity contribution is -0.136. The van der Waals surface area contributed by atoms with Gasteiger partial charge in [0.25, 0.3) is 5.91 Å². The Balaban J connectivity index is 1.58. The SMILES string of the molecule is CN1C(=O)C2(c3ccccc31)C1C(=O)N(c3cccc(F)c3)C(=O)C1C1CCCN12. The second-order valence-corrected chi connectivity index (χ2v) is 8.55. The van der Waals surface area contributed by atoms with Gasteiger partial charge < -0.3 is 4.90 Å². The Morgan fingerprint density at radius 3 is 2.63 bits per heavy atom. The van der Waals surface area contributed by atoms with Crippen molar-refractivity contribution >= 4 is 29.1 Å². The Bertz CT molecular complexity index is 1130. The van der Waals surface area contributed by atoms with Crippen LogP contribution in [0.1, 0.15) is 18.4 Å². The lowest BCUT2D eigenvalue weighted by Gasteiger charge is -2.37. The number of para-hydroxylation sites is 1. The summed E-state index contributed by atoms with van der Waals surface area (Å²) in [4.78, 5) is 45.8. The summed E-state index contributed by atoms with van der Waals surface area (Å²) in [5.41, 5.74) is 0.620. The highest BCUT2D eigenvalue weighted by molar-refractivity contribution is 6.26. The number of fused-ring (bicyclic) bond motifs is 7. The minimum absolute atomic E-state index is 0.162. The molecule has 0 aromatic heterocycles. The van der Waals surface area contributed by atoms with Crippen LogP contribution < -0.4 is 9.80 Å². The first-order chi connectivity index (χ1) is 14.5. The summed E-state index contributed by atoms with van der Waals surface area (Å²) in [6.45, 7) is 0.673. The molecule has 0 radical (unpaired) electrons. The zero-order chi connectivity index (χ0) is 20.8. The van der Waals surface area contributed by atoms with Crippen molar-refractivity contribution in [3.05, 3.63) is 59.9 Å². The number of carbonyl (C=O) groups is 3. The van der Waals surface area contributed by atoms with E-state index in [4.69, 9.17) is 0 Å². The molecule has 2 aromatic rings. The summed E-state index contributed by atoms with van der Waals surface area (Å²) >= 11 is 0. The number of likely N-dealkylation sites (N-methyl/N-ethyl adjacent to an activating group) is 1. The van der Waals surface area contributed by atoms with E-state index < -0.39 is 29.1 Å². The average Bonchev–Trinajstić information content (AvgIpc) is 3.43. The van der Waals surface area contributed by atoms with Gasteiger partial charge in [-0.15, -0.1) is 0 Å². The van der Waals surface area contributed by atoms with Gasteiger partial charge in [-0.25, -0.2) is 9.29 Å². The minimum atomic E-state index is -1.17. The molecule has 30 heavy (non-hydrogen) atoms. The highest BCUT2D eigenvalue weighted by Crippen LogP contribution is 2.61. The Morgan fingerprint density at radius 2 is 1.83 bits per heavy atom. The number of rotatable bonds is 1. The van der Waals surface area contributed by atoms with Crippen LogP contribution in [0.3, 0.4) is 0 Å². The van der Waals surface area contributed by atoms with Crippen LogP contribution in [0.5, 0.6) is 0 Å². The quantitative estimate of drug-likeness (QED) is 0.683. The third-order valence-electron chi connectivity index (χ3n) is 7.34. The van der Waals surface area contributed by atoms with E-state index in [1.54, 1.807) is 18.0 Å².